The molecule has 0 saturated carbocycles. The molecule has 2 aliphatic heterocycles. The summed E-state index contributed by atoms with van der Waals surface area (Å²) in [5.74, 6) is -1.78. The van der Waals surface area contributed by atoms with E-state index < -0.39 is 30.0 Å². The molecule has 212 valence electrons. The third-order valence-electron chi connectivity index (χ3n) is 8.02. The number of nitrogens with zero attached hydrogens (tertiary/aromatic N) is 5. The predicted octanol–water partition coefficient (Wildman–Crippen LogP) is 3.45. The van der Waals surface area contributed by atoms with E-state index in [1.807, 2.05) is 4.90 Å². The van der Waals surface area contributed by atoms with Crippen molar-refractivity contribution in [2.24, 2.45) is 0 Å². The van der Waals surface area contributed by atoms with Crippen LogP contribution in [0, 0.1) is 5.82 Å². The Morgan fingerprint density at radius 2 is 1.82 bits per heavy atom. The molecule has 1 aromatic heterocycles. The number of fused-ring (bicyclic) bond motifs is 1. The number of hydrogen-bond acceptors (Lipinski definition) is 7. The summed E-state index contributed by atoms with van der Waals surface area (Å²) in [5.41, 5.74) is 2.56. The Balaban J connectivity index is 1.32. The van der Waals surface area contributed by atoms with Crippen LogP contribution in [0.2, 0.25) is 0 Å². The van der Waals surface area contributed by atoms with Gasteiger partial charge in [-0.25, -0.2) is 14.4 Å². The number of aromatic nitrogens is 2. The summed E-state index contributed by atoms with van der Waals surface area (Å²) >= 11 is 0. The van der Waals surface area contributed by atoms with Crippen LogP contribution in [0.3, 0.4) is 0 Å². The molecule has 8 nitrogen and oxygen atoms in total. The van der Waals surface area contributed by atoms with Gasteiger partial charge < -0.3 is 24.5 Å². The van der Waals surface area contributed by atoms with Gasteiger partial charge in [0.15, 0.2) is 11.6 Å². The third-order valence-corrected chi connectivity index (χ3v) is 8.02. The molecule has 2 fully saturated rings. The average Bonchev–Trinajstić information content (AvgIpc) is 3.29. The Hall–Kier alpha value is -2.99. The van der Waals surface area contributed by atoms with Gasteiger partial charge in [0.1, 0.15) is 12.1 Å². The quantitative estimate of drug-likeness (QED) is 0.551. The molecule has 0 spiro atoms. The van der Waals surface area contributed by atoms with Crippen molar-refractivity contribution in [1.29, 1.82) is 0 Å². The minimum atomic E-state index is -5.02. The van der Waals surface area contributed by atoms with Crippen LogP contribution in [-0.2, 0) is 11.2 Å². The Morgan fingerprint density at radius 1 is 1.10 bits per heavy atom. The van der Waals surface area contributed by atoms with Gasteiger partial charge in [0.05, 0.1) is 12.0 Å². The number of carbonyl (C=O) groups excluding carboxylic acids is 1. The summed E-state index contributed by atoms with van der Waals surface area (Å²) in [6.45, 7) is 5.65. The second-order valence-electron chi connectivity index (χ2n) is 10.6. The van der Waals surface area contributed by atoms with Gasteiger partial charge in [0, 0.05) is 57.1 Å². The predicted molar refractivity (Wildman–Crippen MR) is 135 cm³/mol. The summed E-state index contributed by atoms with van der Waals surface area (Å²) < 4.78 is 56.4. The summed E-state index contributed by atoms with van der Waals surface area (Å²) in [4.78, 5) is 28.8. The SMILES string of the molecule is C[C@@H]1CCc2ncnc(N3CCN(C(=O)[C@@H](CN4CCC(O)CC4)c4ccc(OC(F)(F)F)c(F)c4)CC3)c21. The topological polar surface area (TPSA) is 82.0 Å². The Kier molecular flexibility index (Phi) is 7.95. The van der Waals surface area contributed by atoms with Crippen LogP contribution in [0.15, 0.2) is 24.5 Å². The van der Waals surface area contributed by atoms with Crippen molar-refractivity contribution < 1.29 is 32.2 Å². The van der Waals surface area contributed by atoms with Crippen LogP contribution in [-0.4, -0.2) is 89.1 Å². The number of halogens is 4. The standard InChI is InChI=1S/C27H33F4N5O3/c1-17-2-4-22-24(17)25(33-16-32-22)35-10-12-36(13-11-35)26(38)20(15-34-8-6-19(37)7-9-34)18-3-5-23(21(28)14-18)39-27(29,30)31/h3,5,14,16-17,19-20,37H,2,4,6-13,15H2,1H3/t17-,20+/m1/s1. The summed E-state index contributed by atoms with van der Waals surface area (Å²) in [6.07, 6.45) is -0.724. The number of likely N-dealkylation sites (tertiary alicyclic amines) is 1. The number of amides is 1. The molecule has 1 N–H and O–H groups in total. The number of alkyl halides is 3. The Morgan fingerprint density at radius 3 is 2.49 bits per heavy atom. The smallest absolute Gasteiger partial charge is 0.403 e. The molecular weight excluding hydrogens is 518 g/mol. The normalized spacial score (nSPS) is 21.6. The number of piperazine rings is 1. The van der Waals surface area contributed by atoms with Crippen LogP contribution >= 0.6 is 0 Å². The number of anilines is 1. The van der Waals surface area contributed by atoms with E-state index in [1.165, 1.54) is 11.6 Å². The molecule has 0 bridgehead atoms. The van der Waals surface area contributed by atoms with Gasteiger partial charge in [-0.2, -0.15) is 0 Å². The Bertz CT molecular complexity index is 1180. The van der Waals surface area contributed by atoms with Gasteiger partial charge in [-0.3, -0.25) is 4.79 Å². The van der Waals surface area contributed by atoms with Crippen LogP contribution in [0.1, 0.15) is 54.8 Å². The molecule has 39 heavy (non-hydrogen) atoms. The zero-order chi connectivity index (χ0) is 27.7. The fourth-order valence-electron chi connectivity index (χ4n) is 5.86. The number of benzene rings is 1. The van der Waals surface area contributed by atoms with Gasteiger partial charge >= 0.3 is 6.36 Å². The van der Waals surface area contributed by atoms with Gasteiger partial charge in [-0.05, 0) is 49.3 Å². The number of carbonyl (C=O) groups is 1. The van der Waals surface area contributed by atoms with E-state index in [4.69, 9.17) is 0 Å². The first-order valence-electron chi connectivity index (χ1n) is 13.4. The molecule has 1 aliphatic carbocycles. The minimum Gasteiger partial charge on any atom is -0.403 e. The van der Waals surface area contributed by atoms with E-state index in [2.05, 4.69) is 26.5 Å². The van der Waals surface area contributed by atoms with E-state index in [0.29, 0.717) is 63.6 Å². The molecule has 2 atom stereocenters. The van der Waals surface area contributed by atoms with Gasteiger partial charge in [0.2, 0.25) is 5.91 Å². The molecule has 0 unspecified atom stereocenters. The second kappa shape index (κ2) is 11.2. The van der Waals surface area contributed by atoms with E-state index in [-0.39, 0.29) is 12.5 Å². The van der Waals surface area contributed by atoms with Crippen molar-refractivity contribution in [1.82, 2.24) is 19.8 Å². The van der Waals surface area contributed by atoms with Crippen molar-refractivity contribution >= 4 is 11.7 Å². The lowest BCUT2D eigenvalue weighted by molar-refractivity contribution is -0.275. The van der Waals surface area contributed by atoms with Crippen LogP contribution in [0.25, 0.3) is 0 Å². The number of aryl methyl sites for hydroxylation is 1. The number of ether oxygens (including phenoxy) is 1. The monoisotopic (exact) mass is 551 g/mol. The maximum absolute atomic E-state index is 14.6. The molecule has 1 amide bonds. The number of rotatable bonds is 6. The van der Waals surface area contributed by atoms with Crippen molar-refractivity contribution in [2.75, 3.05) is 50.7 Å². The van der Waals surface area contributed by atoms with Gasteiger partial charge in [-0.1, -0.05) is 13.0 Å². The maximum atomic E-state index is 14.6. The third kappa shape index (κ3) is 6.27. The highest BCUT2D eigenvalue weighted by molar-refractivity contribution is 5.84. The largest absolute Gasteiger partial charge is 0.573 e. The molecule has 3 aliphatic rings. The van der Waals surface area contributed by atoms with Gasteiger partial charge in [0.25, 0.3) is 0 Å². The lowest BCUT2D eigenvalue weighted by Gasteiger charge is -2.39. The van der Waals surface area contributed by atoms with Gasteiger partial charge in [-0.15, -0.1) is 13.2 Å². The van der Waals surface area contributed by atoms with E-state index in [0.717, 1.165) is 36.5 Å². The number of aliphatic hydroxyl groups is 1. The number of hydrogen-bond donors (Lipinski definition) is 1. The molecule has 1 aromatic carbocycles. The van der Waals surface area contributed by atoms with E-state index in [9.17, 15) is 27.5 Å². The van der Waals surface area contributed by atoms with Crippen LogP contribution in [0.5, 0.6) is 5.75 Å². The highest BCUT2D eigenvalue weighted by atomic mass is 19.4. The molecular formula is C27H33F4N5O3. The average molecular weight is 552 g/mol. The first-order chi connectivity index (χ1) is 18.6. The maximum Gasteiger partial charge on any atom is 0.573 e. The zero-order valence-electron chi connectivity index (χ0n) is 21.8. The summed E-state index contributed by atoms with van der Waals surface area (Å²) in [7, 11) is 0. The first-order valence-corrected chi connectivity index (χ1v) is 13.4. The van der Waals surface area contributed by atoms with Crippen molar-refractivity contribution in [3.05, 3.63) is 47.2 Å². The minimum absolute atomic E-state index is 0.203. The number of piperidine rings is 1. The lowest BCUT2D eigenvalue weighted by Crippen LogP contribution is -2.52. The van der Waals surface area contributed by atoms with E-state index >= 15 is 0 Å². The summed E-state index contributed by atoms with van der Waals surface area (Å²) in [5, 5.41) is 9.87. The first kappa shape index (κ1) is 27.6. The molecule has 2 saturated heterocycles. The molecule has 5 rings (SSSR count). The zero-order valence-corrected chi connectivity index (χ0v) is 21.8. The Labute approximate surface area is 224 Å². The van der Waals surface area contributed by atoms with Crippen molar-refractivity contribution in [3.63, 3.8) is 0 Å². The van der Waals surface area contributed by atoms with Crippen molar-refractivity contribution in [2.45, 2.75) is 56.9 Å². The van der Waals surface area contributed by atoms with Crippen LogP contribution < -0.4 is 9.64 Å². The molecule has 0 radical (unpaired) electrons. The molecule has 12 heteroatoms. The highest BCUT2D eigenvalue weighted by Crippen LogP contribution is 2.37. The fourth-order valence-corrected chi connectivity index (χ4v) is 5.86. The lowest BCUT2D eigenvalue weighted by atomic mass is 9.94. The summed E-state index contributed by atoms with van der Waals surface area (Å²) in [6, 6.07) is 3.21. The molecule has 2 aromatic rings. The van der Waals surface area contributed by atoms with Crippen molar-refractivity contribution in [3.8, 4) is 5.75 Å². The van der Waals surface area contributed by atoms with E-state index in [1.54, 1.807) is 11.2 Å². The molecule has 3 heterocycles. The highest BCUT2D eigenvalue weighted by Gasteiger charge is 2.35. The second-order valence-corrected chi connectivity index (χ2v) is 10.6. The van der Waals surface area contributed by atoms with Crippen LogP contribution in [0.4, 0.5) is 23.4 Å². The fraction of sp³-hybridized carbons (Fsp3) is 0.593. The number of aliphatic hydroxyl groups excluding tert-OH is 1.